The highest BCUT2D eigenvalue weighted by Crippen LogP contribution is 2.37. The summed E-state index contributed by atoms with van der Waals surface area (Å²) >= 11 is 0. The van der Waals surface area contributed by atoms with Gasteiger partial charge in [-0.1, -0.05) is 55.1 Å². The van der Waals surface area contributed by atoms with Crippen LogP contribution in [-0.4, -0.2) is 32.8 Å². The molecule has 2 atom stereocenters. The topological polar surface area (TPSA) is 47.6 Å². The lowest BCUT2D eigenvalue weighted by Crippen LogP contribution is -2.31. The normalized spacial score (nSPS) is 22.6. The van der Waals surface area contributed by atoms with Crippen molar-refractivity contribution in [3.05, 3.63) is 66.2 Å². The van der Waals surface area contributed by atoms with E-state index in [1.807, 2.05) is 24.3 Å². The standard InChI is InChI=1S/C21H23NO3/c1-4-15-12-17(10-11-18(15)16-8-6-5-7-9-16)21(25-3)13-19(22-14-21)20(23)24-2/h4-12,19,22H,1,13-14H2,2-3H3/t19-,21-/m0/s1. The molecule has 0 amide bonds. The smallest absolute Gasteiger partial charge is 0.322 e. The molecule has 1 aliphatic heterocycles. The van der Waals surface area contributed by atoms with Gasteiger partial charge in [0.2, 0.25) is 0 Å². The maximum absolute atomic E-state index is 11.9. The molecular weight excluding hydrogens is 314 g/mol. The molecule has 25 heavy (non-hydrogen) atoms. The zero-order chi connectivity index (χ0) is 17.9. The van der Waals surface area contributed by atoms with Gasteiger partial charge in [0.15, 0.2) is 0 Å². The lowest BCUT2D eigenvalue weighted by atomic mass is 9.87. The number of nitrogens with one attached hydrogen (secondary N) is 1. The monoisotopic (exact) mass is 337 g/mol. The van der Waals surface area contributed by atoms with Crippen LogP contribution in [-0.2, 0) is 19.9 Å². The maximum atomic E-state index is 11.9. The first-order valence-corrected chi connectivity index (χ1v) is 8.32. The van der Waals surface area contributed by atoms with Crippen LogP contribution < -0.4 is 5.32 Å². The van der Waals surface area contributed by atoms with Crippen molar-refractivity contribution in [1.82, 2.24) is 5.32 Å². The lowest BCUT2D eigenvalue weighted by molar-refractivity contribution is -0.143. The summed E-state index contributed by atoms with van der Waals surface area (Å²) in [6.45, 7) is 4.52. The predicted octanol–water partition coefficient (Wildman–Crippen LogP) is 3.37. The quantitative estimate of drug-likeness (QED) is 0.850. The zero-order valence-electron chi connectivity index (χ0n) is 14.6. The molecule has 1 fully saturated rings. The maximum Gasteiger partial charge on any atom is 0.322 e. The number of hydrogen-bond acceptors (Lipinski definition) is 4. The van der Waals surface area contributed by atoms with Crippen LogP contribution in [0.3, 0.4) is 0 Å². The van der Waals surface area contributed by atoms with E-state index in [9.17, 15) is 4.79 Å². The third-order valence-corrected chi connectivity index (χ3v) is 4.93. The van der Waals surface area contributed by atoms with E-state index in [-0.39, 0.29) is 12.0 Å². The van der Waals surface area contributed by atoms with E-state index in [0.29, 0.717) is 13.0 Å². The van der Waals surface area contributed by atoms with Crippen molar-refractivity contribution in [1.29, 1.82) is 0 Å². The van der Waals surface area contributed by atoms with Gasteiger partial charge in [-0.2, -0.15) is 0 Å². The number of benzene rings is 2. The van der Waals surface area contributed by atoms with Gasteiger partial charge in [0.05, 0.1) is 7.11 Å². The summed E-state index contributed by atoms with van der Waals surface area (Å²) < 4.78 is 10.7. The van der Waals surface area contributed by atoms with Crippen LogP contribution in [0.15, 0.2) is 55.1 Å². The van der Waals surface area contributed by atoms with Crippen molar-refractivity contribution < 1.29 is 14.3 Å². The van der Waals surface area contributed by atoms with Gasteiger partial charge < -0.3 is 14.8 Å². The van der Waals surface area contributed by atoms with E-state index in [1.165, 1.54) is 7.11 Å². The van der Waals surface area contributed by atoms with Crippen molar-refractivity contribution in [2.45, 2.75) is 18.1 Å². The summed E-state index contributed by atoms with van der Waals surface area (Å²) in [5, 5.41) is 3.21. The Labute approximate surface area is 148 Å². The number of carbonyl (C=O) groups excluding carboxylic acids is 1. The Morgan fingerprint density at radius 1 is 1.24 bits per heavy atom. The fourth-order valence-electron chi connectivity index (χ4n) is 3.46. The SMILES string of the molecule is C=Cc1cc([C@@]2(OC)CN[C@H](C(=O)OC)C2)ccc1-c1ccccc1. The number of rotatable bonds is 5. The van der Waals surface area contributed by atoms with Gasteiger partial charge in [-0.15, -0.1) is 0 Å². The second kappa shape index (κ2) is 7.21. The third-order valence-electron chi connectivity index (χ3n) is 4.93. The molecule has 0 aliphatic carbocycles. The molecule has 1 aliphatic rings. The minimum atomic E-state index is -0.550. The molecule has 1 N–H and O–H groups in total. The van der Waals surface area contributed by atoms with Crippen LogP contribution in [0.1, 0.15) is 17.5 Å². The van der Waals surface area contributed by atoms with Crippen LogP contribution in [0.5, 0.6) is 0 Å². The molecule has 4 heteroatoms. The summed E-state index contributed by atoms with van der Waals surface area (Å²) in [6.07, 6.45) is 2.40. The van der Waals surface area contributed by atoms with Gasteiger partial charge in [0.25, 0.3) is 0 Å². The Hall–Kier alpha value is -2.43. The van der Waals surface area contributed by atoms with Gasteiger partial charge in [-0.3, -0.25) is 4.79 Å². The van der Waals surface area contributed by atoms with E-state index in [4.69, 9.17) is 9.47 Å². The Bertz CT molecular complexity index is 772. The summed E-state index contributed by atoms with van der Waals surface area (Å²) in [5.74, 6) is -0.260. The molecule has 0 aromatic heterocycles. The number of ether oxygens (including phenoxy) is 2. The van der Waals surface area contributed by atoms with Crippen LogP contribution in [0.25, 0.3) is 17.2 Å². The Morgan fingerprint density at radius 3 is 2.64 bits per heavy atom. The number of hydrogen-bond donors (Lipinski definition) is 1. The Balaban J connectivity index is 1.97. The van der Waals surface area contributed by atoms with E-state index in [2.05, 4.69) is 42.2 Å². The van der Waals surface area contributed by atoms with E-state index in [0.717, 1.165) is 22.3 Å². The summed E-state index contributed by atoms with van der Waals surface area (Å²) in [4.78, 5) is 11.9. The fraction of sp³-hybridized carbons (Fsp3) is 0.286. The van der Waals surface area contributed by atoms with Crippen molar-refractivity contribution >= 4 is 12.0 Å². The van der Waals surface area contributed by atoms with Crippen molar-refractivity contribution in [2.24, 2.45) is 0 Å². The Kier molecular flexibility index (Phi) is 5.02. The van der Waals surface area contributed by atoms with Gasteiger partial charge in [0.1, 0.15) is 11.6 Å². The molecule has 3 rings (SSSR count). The zero-order valence-corrected chi connectivity index (χ0v) is 14.6. The van der Waals surface area contributed by atoms with Crippen molar-refractivity contribution in [2.75, 3.05) is 20.8 Å². The molecule has 2 aromatic rings. The van der Waals surface area contributed by atoms with Gasteiger partial charge in [0, 0.05) is 20.1 Å². The van der Waals surface area contributed by atoms with Crippen LogP contribution in [0, 0.1) is 0 Å². The summed E-state index contributed by atoms with van der Waals surface area (Å²) in [7, 11) is 3.08. The first-order valence-electron chi connectivity index (χ1n) is 8.32. The fourth-order valence-corrected chi connectivity index (χ4v) is 3.46. The minimum absolute atomic E-state index is 0.260. The average molecular weight is 337 g/mol. The average Bonchev–Trinajstić information content (AvgIpc) is 3.13. The molecule has 1 saturated heterocycles. The number of methoxy groups -OCH3 is 2. The highest BCUT2D eigenvalue weighted by molar-refractivity contribution is 5.77. The molecule has 130 valence electrons. The first-order chi connectivity index (χ1) is 12.1. The minimum Gasteiger partial charge on any atom is -0.468 e. The molecule has 0 bridgehead atoms. The van der Waals surface area contributed by atoms with Crippen LogP contribution in [0.2, 0.25) is 0 Å². The molecule has 0 spiro atoms. The van der Waals surface area contributed by atoms with E-state index >= 15 is 0 Å². The lowest BCUT2D eigenvalue weighted by Gasteiger charge is -2.28. The molecular formula is C21H23NO3. The summed E-state index contributed by atoms with van der Waals surface area (Å²) in [5.41, 5.74) is 3.80. The second-order valence-corrected chi connectivity index (χ2v) is 6.23. The number of carbonyl (C=O) groups is 1. The molecule has 4 nitrogen and oxygen atoms in total. The second-order valence-electron chi connectivity index (χ2n) is 6.23. The molecule has 1 heterocycles. The highest BCUT2D eigenvalue weighted by atomic mass is 16.5. The highest BCUT2D eigenvalue weighted by Gasteiger charge is 2.44. The molecule has 2 aromatic carbocycles. The molecule has 0 unspecified atom stereocenters. The van der Waals surface area contributed by atoms with Gasteiger partial charge in [-0.05, 0) is 28.3 Å². The molecule has 0 radical (unpaired) electrons. The van der Waals surface area contributed by atoms with Crippen LogP contribution >= 0.6 is 0 Å². The first kappa shape index (κ1) is 17.4. The van der Waals surface area contributed by atoms with Crippen molar-refractivity contribution in [3.63, 3.8) is 0 Å². The number of esters is 1. The Morgan fingerprint density at radius 2 is 2.00 bits per heavy atom. The largest absolute Gasteiger partial charge is 0.468 e. The molecule has 0 saturated carbocycles. The van der Waals surface area contributed by atoms with Crippen molar-refractivity contribution in [3.8, 4) is 11.1 Å². The van der Waals surface area contributed by atoms with Gasteiger partial charge in [-0.25, -0.2) is 0 Å². The van der Waals surface area contributed by atoms with E-state index in [1.54, 1.807) is 7.11 Å². The van der Waals surface area contributed by atoms with Crippen LogP contribution in [0.4, 0.5) is 0 Å². The third kappa shape index (κ3) is 3.23. The predicted molar refractivity (Wildman–Crippen MR) is 99.1 cm³/mol. The summed E-state index contributed by atoms with van der Waals surface area (Å²) in [6, 6.07) is 16.1. The van der Waals surface area contributed by atoms with Gasteiger partial charge >= 0.3 is 5.97 Å². The van der Waals surface area contributed by atoms with E-state index < -0.39 is 5.60 Å².